The Morgan fingerprint density at radius 1 is 1.08 bits per heavy atom. The van der Waals surface area contributed by atoms with Crippen molar-refractivity contribution in [2.45, 2.75) is 56.2 Å². The second-order valence-electron chi connectivity index (χ2n) is 12.2. The number of amides is 1. The predicted octanol–water partition coefficient (Wildman–Crippen LogP) is 1.94. The van der Waals surface area contributed by atoms with Crippen LogP contribution >= 0.6 is 0 Å². The standard InChI is InChI=1S/C36H38N2O12/c1-19(6-5-9-20-7-3-2-4-8-20)16-17-38-34(46)36(47)31(42)28(41)30(33(44)45)50-35(36)48-23-14-15-24-25(18-23)49-29(32(37)43)26(27(24)40)21-10-12-22(39)13-11-21/h2-5,7-15,18-19,28,30-31,34-35,38-39,41-42,46-47H,6,16-17H2,1H3,(H2,37,43)(H,44,45)/t19-,28+,30-,31-,34+,35+,36+/m0/s1. The normalized spacial score (nSPS) is 23.5. The van der Waals surface area contributed by atoms with Gasteiger partial charge in [0.15, 0.2) is 11.7 Å². The van der Waals surface area contributed by atoms with Gasteiger partial charge in [-0.3, -0.25) is 14.9 Å². The smallest absolute Gasteiger partial charge is 0.335 e. The average Bonchev–Trinajstić information content (AvgIpc) is 3.09. The Balaban J connectivity index is 1.38. The Hall–Kier alpha value is -5.09. The van der Waals surface area contributed by atoms with Crippen molar-refractivity contribution >= 4 is 28.9 Å². The van der Waals surface area contributed by atoms with Crippen molar-refractivity contribution in [2.75, 3.05) is 6.54 Å². The number of aromatic hydroxyl groups is 1. The van der Waals surface area contributed by atoms with Crippen molar-refractivity contribution in [3.8, 4) is 22.6 Å². The Morgan fingerprint density at radius 3 is 2.44 bits per heavy atom. The van der Waals surface area contributed by atoms with Crippen LogP contribution in [0.2, 0.25) is 0 Å². The van der Waals surface area contributed by atoms with Gasteiger partial charge in [-0.1, -0.05) is 61.5 Å². The first-order chi connectivity index (χ1) is 23.8. The first kappa shape index (κ1) is 36.2. The number of ether oxygens (including phenoxy) is 2. The second-order valence-corrected chi connectivity index (χ2v) is 12.2. The molecule has 5 rings (SSSR count). The number of hydrogen-bond donors (Lipinski definition) is 8. The summed E-state index contributed by atoms with van der Waals surface area (Å²) < 4.78 is 16.9. The van der Waals surface area contributed by atoms with Crippen LogP contribution in [0.1, 0.15) is 35.9 Å². The van der Waals surface area contributed by atoms with Gasteiger partial charge in [-0.2, -0.15) is 0 Å². The number of fused-ring (bicyclic) bond motifs is 1. The van der Waals surface area contributed by atoms with Crippen LogP contribution in [-0.2, 0) is 9.53 Å². The van der Waals surface area contributed by atoms with E-state index in [9.17, 15) is 45.0 Å². The lowest BCUT2D eigenvalue weighted by Crippen LogP contribution is -2.75. The van der Waals surface area contributed by atoms with E-state index in [1.54, 1.807) is 0 Å². The third-order valence-corrected chi connectivity index (χ3v) is 8.55. The fourth-order valence-corrected chi connectivity index (χ4v) is 5.70. The first-order valence-corrected chi connectivity index (χ1v) is 15.8. The number of aliphatic carboxylic acids is 1. The Bertz CT molecular complexity index is 1910. The molecule has 1 saturated heterocycles. The highest BCUT2D eigenvalue weighted by atomic mass is 16.7. The monoisotopic (exact) mass is 690 g/mol. The fourth-order valence-electron chi connectivity index (χ4n) is 5.70. The van der Waals surface area contributed by atoms with E-state index in [1.807, 2.05) is 49.4 Å². The molecule has 0 saturated carbocycles. The summed E-state index contributed by atoms with van der Waals surface area (Å²) in [4.78, 5) is 37.7. The summed E-state index contributed by atoms with van der Waals surface area (Å²) in [6.45, 7) is 2.13. The Labute approximate surface area is 285 Å². The van der Waals surface area contributed by atoms with Gasteiger partial charge in [0, 0.05) is 6.07 Å². The quantitative estimate of drug-likeness (QED) is 0.0937. The maximum absolute atomic E-state index is 13.5. The number of hydrogen-bond acceptors (Lipinski definition) is 12. The number of carbonyl (C=O) groups excluding carboxylic acids is 1. The van der Waals surface area contributed by atoms with Gasteiger partial charge in [0.1, 0.15) is 35.5 Å². The lowest BCUT2D eigenvalue weighted by Gasteiger charge is -2.48. The van der Waals surface area contributed by atoms with E-state index in [0.717, 1.165) is 11.6 Å². The number of nitrogens with one attached hydrogen (secondary N) is 1. The zero-order valence-corrected chi connectivity index (χ0v) is 26.9. The average molecular weight is 691 g/mol. The van der Waals surface area contributed by atoms with E-state index < -0.39 is 59.5 Å². The molecule has 0 spiro atoms. The summed E-state index contributed by atoms with van der Waals surface area (Å²) in [5.41, 5.74) is 3.02. The highest BCUT2D eigenvalue weighted by Gasteiger charge is 2.61. The molecular formula is C36H38N2O12. The minimum Gasteiger partial charge on any atom is -0.508 e. The van der Waals surface area contributed by atoms with E-state index in [1.165, 1.54) is 36.4 Å². The largest absolute Gasteiger partial charge is 0.508 e. The van der Waals surface area contributed by atoms with Gasteiger partial charge in [0.25, 0.3) is 5.91 Å². The minimum absolute atomic E-state index is 0.0152. The van der Waals surface area contributed by atoms with E-state index >= 15 is 0 Å². The predicted molar refractivity (Wildman–Crippen MR) is 180 cm³/mol. The molecule has 1 aliphatic heterocycles. The summed E-state index contributed by atoms with van der Waals surface area (Å²) in [5.74, 6) is -3.38. The number of carbonyl (C=O) groups is 2. The number of carboxylic acid groups (broad SMARTS) is 1. The molecule has 0 radical (unpaired) electrons. The number of aliphatic hydroxyl groups is 4. The molecule has 50 heavy (non-hydrogen) atoms. The Morgan fingerprint density at radius 2 is 1.78 bits per heavy atom. The molecule has 264 valence electrons. The van der Waals surface area contributed by atoms with Crippen molar-refractivity contribution in [1.29, 1.82) is 0 Å². The molecule has 1 amide bonds. The van der Waals surface area contributed by atoms with Gasteiger partial charge >= 0.3 is 5.97 Å². The first-order valence-electron chi connectivity index (χ1n) is 15.8. The van der Waals surface area contributed by atoms with Crippen LogP contribution < -0.4 is 21.2 Å². The van der Waals surface area contributed by atoms with Gasteiger partial charge in [-0.05, 0) is 60.7 Å². The molecule has 1 fully saturated rings. The molecular weight excluding hydrogens is 652 g/mol. The number of nitrogens with two attached hydrogens (primary N) is 1. The molecule has 9 N–H and O–H groups in total. The van der Waals surface area contributed by atoms with Gasteiger partial charge < -0.3 is 50.3 Å². The molecule has 2 heterocycles. The third-order valence-electron chi connectivity index (χ3n) is 8.55. The van der Waals surface area contributed by atoms with E-state index in [2.05, 4.69) is 5.32 Å². The van der Waals surface area contributed by atoms with Crippen molar-refractivity contribution in [3.05, 3.63) is 100 Å². The van der Waals surface area contributed by atoms with Gasteiger partial charge in [-0.25, -0.2) is 4.79 Å². The maximum Gasteiger partial charge on any atom is 0.335 e. The molecule has 4 aromatic rings. The van der Waals surface area contributed by atoms with E-state index in [4.69, 9.17) is 19.6 Å². The molecule has 0 bridgehead atoms. The van der Waals surface area contributed by atoms with Crippen molar-refractivity contribution in [1.82, 2.24) is 5.32 Å². The molecule has 7 atom stereocenters. The summed E-state index contributed by atoms with van der Waals surface area (Å²) in [5, 5.41) is 66.2. The fraction of sp³-hybridized carbons (Fsp3) is 0.306. The lowest BCUT2D eigenvalue weighted by atomic mass is 9.84. The van der Waals surface area contributed by atoms with Crippen LogP contribution in [-0.4, -0.2) is 85.5 Å². The maximum atomic E-state index is 13.5. The van der Waals surface area contributed by atoms with Gasteiger partial charge in [-0.15, -0.1) is 0 Å². The number of phenols is 1. The number of carboxylic acids is 1. The number of phenolic OH excluding ortho intramolecular Hbond substituents is 1. The summed E-state index contributed by atoms with van der Waals surface area (Å²) in [6, 6.07) is 18.8. The van der Waals surface area contributed by atoms with E-state index in [-0.39, 0.29) is 46.1 Å². The molecule has 1 aromatic heterocycles. The molecule has 1 aliphatic rings. The number of primary amides is 1. The number of allylic oxidation sites excluding steroid dienone is 1. The summed E-state index contributed by atoms with van der Waals surface area (Å²) >= 11 is 0. The molecule has 14 heteroatoms. The van der Waals surface area contributed by atoms with Crippen LogP contribution in [0.25, 0.3) is 28.2 Å². The van der Waals surface area contributed by atoms with Crippen LogP contribution in [0, 0.1) is 5.92 Å². The molecule has 0 aliphatic carbocycles. The zero-order chi connectivity index (χ0) is 36.2. The Kier molecular flexibility index (Phi) is 11.0. The zero-order valence-electron chi connectivity index (χ0n) is 26.9. The SMILES string of the molecule is C[C@@H](CC=Cc1ccccc1)CCN[C@H](O)[C@@]1(O)[C@H](Oc2ccc3c(=O)c(-c4ccc(O)cc4)c(C(N)=O)oc3c2)O[C@H](C(=O)O)[C@@H](O)[C@@H]1O. The van der Waals surface area contributed by atoms with Gasteiger partial charge in [0.2, 0.25) is 17.5 Å². The molecule has 3 aromatic carbocycles. The van der Waals surface area contributed by atoms with Crippen LogP contribution in [0.15, 0.2) is 88.1 Å². The van der Waals surface area contributed by atoms with E-state index in [0.29, 0.717) is 12.8 Å². The third kappa shape index (κ3) is 7.55. The second kappa shape index (κ2) is 15.2. The topological polar surface area (TPSA) is 242 Å². The van der Waals surface area contributed by atoms with Crippen LogP contribution in [0.4, 0.5) is 0 Å². The number of rotatable bonds is 13. The summed E-state index contributed by atoms with van der Waals surface area (Å²) in [6.07, 6.45) is -5.36. The molecule has 0 unspecified atom stereocenters. The van der Waals surface area contributed by atoms with Crippen LogP contribution in [0.5, 0.6) is 11.5 Å². The lowest BCUT2D eigenvalue weighted by molar-refractivity contribution is -0.338. The van der Waals surface area contributed by atoms with Crippen molar-refractivity contribution < 1.29 is 54.1 Å². The highest BCUT2D eigenvalue weighted by Crippen LogP contribution is 2.35. The number of benzene rings is 3. The van der Waals surface area contributed by atoms with Crippen LogP contribution in [0.3, 0.4) is 0 Å². The summed E-state index contributed by atoms with van der Waals surface area (Å²) in [7, 11) is 0. The highest BCUT2D eigenvalue weighted by molar-refractivity contribution is 5.99. The number of aliphatic hydroxyl groups excluding tert-OH is 3. The van der Waals surface area contributed by atoms with Crippen molar-refractivity contribution in [2.24, 2.45) is 11.7 Å². The minimum atomic E-state index is -2.82. The van der Waals surface area contributed by atoms with Crippen molar-refractivity contribution in [3.63, 3.8) is 0 Å². The molecule has 14 nitrogen and oxygen atoms in total. The van der Waals surface area contributed by atoms with Gasteiger partial charge in [0.05, 0.1) is 10.9 Å².